The summed E-state index contributed by atoms with van der Waals surface area (Å²) < 4.78 is 44.0. The van der Waals surface area contributed by atoms with E-state index in [1.165, 1.54) is 16.2 Å². The zero-order valence-electron chi connectivity index (χ0n) is 19.8. The van der Waals surface area contributed by atoms with Crippen molar-refractivity contribution in [1.29, 1.82) is 0 Å². The first kappa shape index (κ1) is 22.8. The first-order chi connectivity index (χ1) is 17.7. The molecule has 0 radical (unpaired) electrons. The lowest BCUT2D eigenvalue weighted by Gasteiger charge is -2.08. The predicted octanol–water partition coefficient (Wildman–Crippen LogP) is 4.75. The molecule has 6 aromatic rings. The van der Waals surface area contributed by atoms with Crippen molar-refractivity contribution in [2.24, 2.45) is 14.1 Å². The zero-order chi connectivity index (χ0) is 25.9. The highest BCUT2D eigenvalue weighted by atomic mass is 19.4. The molecule has 11 heteroatoms. The van der Waals surface area contributed by atoms with Gasteiger partial charge in [0.1, 0.15) is 11.3 Å². The van der Waals surface area contributed by atoms with Crippen LogP contribution in [0.4, 0.5) is 13.2 Å². The standard InChI is InChI=1S/C26H20F3N7O/c1-34-11-10-16-4-3-5-18(21(16)34)22-30-12-19-24(33-22)36(25(37)31-19)13-15-6-8-17(9-7-15)23-32-20(14-35(23)2)26(27,28)29/h3-12,14H,13H2,1-2H3,(H,31,37). The minimum absolute atomic E-state index is 0.204. The van der Waals surface area contributed by atoms with E-state index in [1.54, 1.807) is 30.5 Å². The highest BCUT2D eigenvalue weighted by Gasteiger charge is 2.34. The Labute approximate surface area is 207 Å². The van der Waals surface area contributed by atoms with Gasteiger partial charge < -0.3 is 14.1 Å². The van der Waals surface area contributed by atoms with Gasteiger partial charge in [-0.2, -0.15) is 13.2 Å². The number of alkyl halides is 3. The molecule has 0 aliphatic rings. The maximum atomic E-state index is 13.0. The molecule has 0 spiro atoms. The van der Waals surface area contributed by atoms with E-state index in [-0.39, 0.29) is 18.1 Å². The topological polar surface area (TPSA) is 86.3 Å². The van der Waals surface area contributed by atoms with E-state index in [9.17, 15) is 18.0 Å². The Hall–Kier alpha value is -4.67. The van der Waals surface area contributed by atoms with Gasteiger partial charge in [0.25, 0.3) is 0 Å². The molecule has 37 heavy (non-hydrogen) atoms. The molecule has 0 bridgehead atoms. The number of aryl methyl sites for hydroxylation is 2. The monoisotopic (exact) mass is 503 g/mol. The maximum absolute atomic E-state index is 13.0. The lowest BCUT2D eigenvalue weighted by Crippen LogP contribution is -2.17. The van der Waals surface area contributed by atoms with Gasteiger partial charge in [-0.25, -0.2) is 19.7 Å². The molecule has 0 fully saturated rings. The lowest BCUT2D eigenvalue weighted by atomic mass is 10.1. The molecule has 6 rings (SSSR count). The minimum Gasteiger partial charge on any atom is -0.350 e. The summed E-state index contributed by atoms with van der Waals surface area (Å²) in [6, 6.07) is 14.8. The van der Waals surface area contributed by atoms with Gasteiger partial charge in [-0.3, -0.25) is 4.57 Å². The molecule has 0 amide bonds. The number of aromatic amines is 1. The second-order valence-corrected chi connectivity index (χ2v) is 8.87. The average Bonchev–Trinajstić information content (AvgIpc) is 3.54. The zero-order valence-corrected chi connectivity index (χ0v) is 19.8. The Morgan fingerprint density at radius 1 is 0.973 bits per heavy atom. The second kappa shape index (κ2) is 8.19. The van der Waals surface area contributed by atoms with Crippen LogP contribution in [0.2, 0.25) is 0 Å². The van der Waals surface area contributed by atoms with Crippen LogP contribution >= 0.6 is 0 Å². The Balaban J connectivity index is 1.35. The van der Waals surface area contributed by atoms with Gasteiger partial charge in [0, 0.05) is 43.0 Å². The van der Waals surface area contributed by atoms with Crippen LogP contribution in [0, 0.1) is 0 Å². The van der Waals surface area contributed by atoms with E-state index in [1.807, 2.05) is 42.1 Å². The predicted molar refractivity (Wildman–Crippen MR) is 133 cm³/mol. The number of nitrogens with one attached hydrogen (secondary N) is 1. The third-order valence-electron chi connectivity index (χ3n) is 6.37. The van der Waals surface area contributed by atoms with Crippen molar-refractivity contribution < 1.29 is 13.2 Å². The smallest absolute Gasteiger partial charge is 0.350 e. The van der Waals surface area contributed by atoms with Crippen LogP contribution in [0.15, 0.2) is 71.9 Å². The van der Waals surface area contributed by atoms with Crippen molar-refractivity contribution in [3.63, 3.8) is 0 Å². The molecule has 8 nitrogen and oxygen atoms in total. The van der Waals surface area contributed by atoms with Crippen LogP contribution in [0.5, 0.6) is 0 Å². The summed E-state index contributed by atoms with van der Waals surface area (Å²) in [5.41, 5.74) is 2.85. The number of nitrogens with zero attached hydrogens (tertiary/aromatic N) is 6. The molecule has 0 atom stereocenters. The molecule has 4 heterocycles. The van der Waals surface area contributed by atoms with Crippen molar-refractivity contribution in [2.75, 3.05) is 0 Å². The Bertz CT molecular complexity index is 1840. The molecule has 4 aromatic heterocycles. The van der Waals surface area contributed by atoms with Gasteiger partial charge in [-0.1, -0.05) is 36.4 Å². The van der Waals surface area contributed by atoms with Crippen molar-refractivity contribution in [3.8, 4) is 22.8 Å². The Kier molecular flexibility index (Phi) is 5.04. The van der Waals surface area contributed by atoms with E-state index in [4.69, 9.17) is 4.98 Å². The summed E-state index contributed by atoms with van der Waals surface area (Å²) in [5, 5.41) is 1.06. The summed E-state index contributed by atoms with van der Waals surface area (Å²) >= 11 is 0. The van der Waals surface area contributed by atoms with Gasteiger partial charge in [0.05, 0.1) is 18.3 Å². The molecule has 186 valence electrons. The molecule has 0 saturated heterocycles. The van der Waals surface area contributed by atoms with Crippen molar-refractivity contribution in [3.05, 3.63) is 88.9 Å². The number of aromatic nitrogens is 7. The quantitative estimate of drug-likeness (QED) is 0.376. The molecule has 0 saturated carbocycles. The molecule has 0 aliphatic heterocycles. The van der Waals surface area contributed by atoms with Gasteiger partial charge >= 0.3 is 11.9 Å². The van der Waals surface area contributed by atoms with Crippen LogP contribution in [0.1, 0.15) is 11.3 Å². The van der Waals surface area contributed by atoms with Gasteiger partial charge in [-0.15, -0.1) is 0 Å². The van der Waals surface area contributed by atoms with Crippen LogP contribution in [-0.2, 0) is 26.8 Å². The van der Waals surface area contributed by atoms with Crippen LogP contribution < -0.4 is 5.69 Å². The fraction of sp³-hybridized carbons (Fsp3) is 0.154. The molecule has 2 aromatic carbocycles. The van der Waals surface area contributed by atoms with Crippen molar-refractivity contribution in [1.82, 2.24) is 33.6 Å². The molecule has 0 unspecified atom stereocenters. The van der Waals surface area contributed by atoms with Crippen molar-refractivity contribution in [2.45, 2.75) is 12.7 Å². The Morgan fingerprint density at radius 2 is 1.76 bits per heavy atom. The maximum Gasteiger partial charge on any atom is 0.434 e. The summed E-state index contributed by atoms with van der Waals surface area (Å²) in [7, 11) is 3.47. The molecule has 1 N–H and O–H groups in total. The van der Waals surface area contributed by atoms with Crippen LogP contribution in [0.3, 0.4) is 0 Å². The highest BCUT2D eigenvalue weighted by Crippen LogP contribution is 2.31. The minimum atomic E-state index is -4.51. The molecular weight excluding hydrogens is 483 g/mol. The second-order valence-electron chi connectivity index (χ2n) is 8.87. The molecule has 0 aliphatic carbocycles. The number of H-pyrrole nitrogens is 1. The first-order valence-electron chi connectivity index (χ1n) is 11.4. The van der Waals surface area contributed by atoms with E-state index >= 15 is 0 Å². The number of para-hydroxylation sites is 1. The third-order valence-corrected chi connectivity index (χ3v) is 6.37. The third kappa shape index (κ3) is 3.88. The molecular formula is C26H20F3N7O. The SMILES string of the molecule is Cn1cc(C(F)(F)F)nc1-c1ccc(Cn2c(=O)[nH]c3cnc(-c4cccc5ccn(C)c45)nc32)cc1. The average molecular weight is 503 g/mol. The fourth-order valence-electron chi connectivity index (χ4n) is 4.57. The summed E-state index contributed by atoms with van der Waals surface area (Å²) in [5.74, 6) is 0.702. The van der Waals surface area contributed by atoms with Crippen molar-refractivity contribution >= 4 is 22.1 Å². The number of fused-ring (bicyclic) bond motifs is 2. The van der Waals surface area contributed by atoms with E-state index in [0.717, 1.165) is 28.2 Å². The van der Waals surface area contributed by atoms with Gasteiger partial charge in [-0.05, 0) is 17.7 Å². The first-order valence-corrected chi connectivity index (χ1v) is 11.4. The van der Waals surface area contributed by atoms with Crippen LogP contribution in [-0.4, -0.2) is 33.6 Å². The largest absolute Gasteiger partial charge is 0.434 e. The summed E-state index contributed by atoms with van der Waals surface area (Å²) in [6.45, 7) is 0.221. The number of halogens is 3. The highest BCUT2D eigenvalue weighted by molar-refractivity contribution is 5.93. The fourth-order valence-corrected chi connectivity index (χ4v) is 4.57. The normalized spacial score (nSPS) is 12.1. The number of benzene rings is 2. The van der Waals surface area contributed by atoms with E-state index in [0.29, 0.717) is 22.6 Å². The number of imidazole rings is 2. The van der Waals surface area contributed by atoms with E-state index < -0.39 is 11.9 Å². The Morgan fingerprint density at radius 3 is 2.49 bits per heavy atom. The summed E-state index contributed by atoms with van der Waals surface area (Å²) in [6.07, 6.45) is 0.0120. The summed E-state index contributed by atoms with van der Waals surface area (Å²) in [4.78, 5) is 28.5. The van der Waals surface area contributed by atoms with Gasteiger partial charge in [0.2, 0.25) is 0 Å². The van der Waals surface area contributed by atoms with Gasteiger partial charge in [0.15, 0.2) is 17.2 Å². The number of rotatable bonds is 4. The van der Waals surface area contributed by atoms with E-state index in [2.05, 4.69) is 15.0 Å². The number of hydrogen-bond donors (Lipinski definition) is 1. The lowest BCUT2D eigenvalue weighted by molar-refractivity contribution is -0.140. The van der Waals surface area contributed by atoms with Crippen LogP contribution in [0.25, 0.3) is 44.8 Å². The number of hydrogen-bond acceptors (Lipinski definition) is 4.